The molecule has 0 radical (unpaired) electrons. The van der Waals surface area contributed by atoms with Crippen molar-refractivity contribution in [2.45, 2.75) is 38.6 Å². The number of pyridine rings is 1. The molecule has 2 aromatic carbocycles. The highest BCUT2D eigenvalue weighted by molar-refractivity contribution is 6.01. The van der Waals surface area contributed by atoms with Crippen molar-refractivity contribution in [3.63, 3.8) is 0 Å². The second-order valence-corrected chi connectivity index (χ2v) is 10.3. The van der Waals surface area contributed by atoms with Gasteiger partial charge in [-0.1, -0.05) is 13.0 Å². The van der Waals surface area contributed by atoms with Crippen LogP contribution in [0.2, 0.25) is 0 Å². The molecule has 0 unspecified atom stereocenters. The highest BCUT2D eigenvalue weighted by atomic mass is 19.2. The van der Waals surface area contributed by atoms with Crippen LogP contribution in [0.5, 0.6) is 0 Å². The van der Waals surface area contributed by atoms with Gasteiger partial charge in [0.1, 0.15) is 11.6 Å². The number of H-pyrrole nitrogens is 1. The number of hydrogen-bond donors (Lipinski definition) is 2. The van der Waals surface area contributed by atoms with Crippen LogP contribution in [-0.2, 0) is 0 Å². The molecule has 194 valence electrons. The first-order chi connectivity index (χ1) is 18.3. The molecule has 4 nitrogen and oxygen atoms in total. The van der Waals surface area contributed by atoms with Gasteiger partial charge in [-0.25, -0.2) is 31.8 Å². The van der Waals surface area contributed by atoms with Crippen molar-refractivity contribution in [2.75, 3.05) is 5.32 Å². The van der Waals surface area contributed by atoms with Crippen LogP contribution in [0.3, 0.4) is 0 Å². The summed E-state index contributed by atoms with van der Waals surface area (Å²) in [6.45, 7) is 9.98. The fourth-order valence-electron chi connectivity index (χ4n) is 6.37. The minimum absolute atomic E-state index is 0.00514. The summed E-state index contributed by atoms with van der Waals surface area (Å²) >= 11 is 0. The zero-order valence-corrected chi connectivity index (χ0v) is 20.4. The molecule has 3 aliphatic rings. The van der Waals surface area contributed by atoms with Crippen molar-refractivity contribution >= 4 is 22.4 Å². The van der Waals surface area contributed by atoms with E-state index in [1.165, 1.54) is 12.3 Å². The van der Waals surface area contributed by atoms with Crippen LogP contribution in [0.15, 0.2) is 36.5 Å². The highest BCUT2D eigenvalue weighted by Gasteiger charge is 2.42. The molecule has 7 rings (SSSR count). The summed E-state index contributed by atoms with van der Waals surface area (Å²) in [5.74, 6) is -3.87. The van der Waals surface area contributed by atoms with Crippen molar-refractivity contribution in [3.8, 4) is 22.4 Å². The Morgan fingerprint density at radius 1 is 0.947 bits per heavy atom. The Morgan fingerprint density at radius 3 is 2.37 bits per heavy atom. The minimum Gasteiger partial charge on any atom is -0.364 e. The van der Waals surface area contributed by atoms with Gasteiger partial charge in [-0.2, -0.15) is 0 Å². The molecular weight excluding hydrogens is 499 g/mol. The lowest BCUT2D eigenvalue weighted by Crippen LogP contribution is -2.47. The smallest absolute Gasteiger partial charge is 0.223 e. The van der Waals surface area contributed by atoms with Gasteiger partial charge in [-0.3, -0.25) is 0 Å². The average Bonchev–Trinajstić information content (AvgIpc) is 3.32. The quantitative estimate of drug-likeness (QED) is 0.209. The summed E-state index contributed by atoms with van der Waals surface area (Å²) in [6.07, 6.45) is 5.64. The molecule has 0 spiro atoms. The molecule has 4 aromatic rings. The van der Waals surface area contributed by atoms with E-state index in [2.05, 4.69) is 27.1 Å². The lowest BCUT2D eigenvalue weighted by molar-refractivity contribution is 0.0926. The molecule has 0 amide bonds. The molecule has 3 saturated carbocycles. The van der Waals surface area contributed by atoms with Crippen molar-refractivity contribution in [2.24, 2.45) is 17.8 Å². The summed E-state index contributed by atoms with van der Waals surface area (Å²) in [4.78, 5) is 10.8. The maximum Gasteiger partial charge on any atom is 0.223 e. The van der Waals surface area contributed by atoms with Crippen LogP contribution in [0, 0.1) is 53.4 Å². The number of halogens is 5. The summed E-state index contributed by atoms with van der Waals surface area (Å²) in [6, 6.07) is 4.66. The molecule has 2 heterocycles. The van der Waals surface area contributed by atoms with E-state index in [0.29, 0.717) is 11.8 Å². The SMILES string of the molecule is [C-]#[N+]c1c(-c2c[nH]c3c(F)cc(F)cc23)nc(N[C@@H]2C3CCC(CC3)[C@H]2C)c(F)c1-c1ccc(F)c(F)c1. The van der Waals surface area contributed by atoms with Gasteiger partial charge in [-0.15, -0.1) is 0 Å². The number of nitrogens with one attached hydrogen (secondary N) is 2. The summed E-state index contributed by atoms with van der Waals surface area (Å²) in [5.41, 5.74) is -0.405. The van der Waals surface area contributed by atoms with Crippen LogP contribution in [0.25, 0.3) is 38.1 Å². The van der Waals surface area contributed by atoms with Crippen molar-refractivity contribution in [3.05, 3.63) is 77.0 Å². The Labute approximate surface area is 215 Å². The molecule has 3 fully saturated rings. The summed E-state index contributed by atoms with van der Waals surface area (Å²) < 4.78 is 72.8. The lowest BCUT2D eigenvalue weighted by atomic mass is 9.62. The minimum atomic E-state index is -1.19. The van der Waals surface area contributed by atoms with Crippen molar-refractivity contribution in [1.82, 2.24) is 9.97 Å². The Hall–Kier alpha value is -3.93. The van der Waals surface area contributed by atoms with Gasteiger partial charge < -0.3 is 10.3 Å². The molecule has 2 atom stereocenters. The normalized spacial score (nSPS) is 22.6. The number of rotatable bonds is 4. The Balaban J connectivity index is 1.60. The molecular formula is C29H23F5N4. The number of hydrogen-bond acceptors (Lipinski definition) is 2. The van der Waals surface area contributed by atoms with Crippen LogP contribution >= 0.6 is 0 Å². The van der Waals surface area contributed by atoms with Gasteiger partial charge in [0.2, 0.25) is 5.69 Å². The van der Waals surface area contributed by atoms with Gasteiger partial charge in [0.05, 0.1) is 17.8 Å². The monoisotopic (exact) mass is 522 g/mol. The third-order valence-electron chi connectivity index (χ3n) is 8.33. The van der Waals surface area contributed by atoms with E-state index in [-0.39, 0.29) is 56.8 Å². The summed E-state index contributed by atoms with van der Waals surface area (Å²) in [7, 11) is 0. The number of anilines is 1. The third kappa shape index (κ3) is 3.82. The van der Waals surface area contributed by atoms with E-state index in [1.54, 1.807) is 0 Å². The molecule has 0 saturated heterocycles. The number of benzene rings is 2. The Morgan fingerprint density at radius 2 is 1.68 bits per heavy atom. The standard InChI is InChI=1S/C29H23F5N4/c1-13-14-3-5-15(6-4-14)25(13)37-29-24(34)23(16-7-8-20(31)21(32)9-16)28(35-2)27(38-29)19-12-36-26-18(19)10-17(30)11-22(26)33/h7-15,25,36H,3-6H2,1H3,(H,37,38)/t13-,14?,15?,25+/m1/s1. The molecule has 0 aliphatic heterocycles. The fraction of sp³-hybridized carbons (Fsp3) is 0.310. The molecule has 2 aromatic heterocycles. The molecule has 3 aliphatic carbocycles. The first-order valence-corrected chi connectivity index (χ1v) is 12.6. The van der Waals surface area contributed by atoms with Gasteiger partial charge in [-0.05, 0) is 67.2 Å². The maximum absolute atomic E-state index is 16.2. The zero-order valence-electron chi connectivity index (χ0n) is 20.4. The Kier molecular flexibility index (Phi) is 5.86. The van der Waals surface area contributed by atoms with E-state index in [4.69, 9.17) is 6.57 Å². The maximum atomic E-state index is 16.2. The first kappa shape index (κ1) is 24.4. The largest absolute Gasteiger partial charge is 0.364 e. The second kappa shape index (κ2) is 9.12. The fourth-order valence-corrected chi connectivity index (χ4v) is 6.37. The van der Waals surface area contributed by atoms with E-state index >= 15 is 4.39 Å². The third-order valence-corrected chi connectivity index (χ3v) is 8.33. The molecule has 2 N–H and O–H groups in total. The highest BCUT2D eigenvalue weighted by Crippen LogP contribution is 2.48. The zero-order chi connectivity index (χ0) is 26.7. The van der Waals surface area contributed by atoms with Crippen LogP contribution < -0.4 is 5.32 Å². The first-order valence-electron chi connectivity index (χ1n) is 12.6. The summed E-state index contributed by atoms with van der Waals surface area (Å²) in [5, 5.41) is 3.40. The van der Waals surface area contributed by atoms with Gasteiger partial charge in [0.15, 0.2) is 23.3 Å². The molecule has 2 bridgehead atoms. The number of nitrogens with zero attached hydrogens (tertiary/aromatic N) is 2. The van der Waals surface area contributed by atoms with E-state index in [1.807, 2.05) is 0 Å². The number of aromatic amines is 1. The number of aromatic nitrogens is 2. The predicted octanol–water partition coefficient (Wildman–Crippen LogP) is 8.38. The lowest BCUT2D eigenvalue weighted by Gasteiger charge is -2.47. The van der Waals surface area contributed by atoms with Crippen LogP contribution in [0.1, 0.15) is 32.6 Å². The van der Waals surface area contributed by atoms with E-state index in [9.17, 15) is 17.6 Å². The van der Waals surface area contributed by atoms with Crippen LogP contribution in [-0.4, -0.2) is 16.0 Å². The molecule has 9 heteroatoms. The molecule has 38 heavy (non-hydrogen) atoms. The average molecular weight is 523 g/mol. The van der Waals surface area contributed by atoms with E-state index < -0.39 is 29.1 Å². The van der Waals surface area contributed by atoms with Gasteiger partial charge in [0, 0.05) is 34.8 Å². The Bertz CT molecular complexity index is 1610. The van der Waals surface area contributed by atoms with Gasteiger partial charge in [0.25, 0.3) is 0 Å². The van der Waals surface area contributed by atoms with Crippen molar-refractivity contribution in [1.29, 1.82) is 0 Å². The van der Waals surface area contributed by atoms with Crippen LogP contribution in [0.4, 0.5) is 33.5 Å². The van der Waals surface area contributed by atoms with Gasteiger partial charge >= 0.3 is 0 Å². The number of fused-ring (bicyclic) bond motifs is 4. The predicted molar refractivity (Wildman–Crippen MR) is 135 cm³/mol. The second-order valence-electron chi connectivity index (χ2n) is 10.3. The van der Waals surface area contributed by atoms with Crippen molar-refractivity contribution < 1.29 is 22.0 Å². The topological polar surface area (TPSA) is 45.1 Å². The van der Waals surface area contributed by atoms with E-state index in [0.717, 1.165) is 49.9 Å².